The SMILES string of the molecule is O=c1[nH]nc2cc(NC3(CO)CC3)ncn12. The molecule has 16 heavy (non-hydrogen) atoms. The fraction of sp³-hybridized carbons (Fsp3) is 0.444. The van der Waals surface area contributed by atoms with Gasteiger partial charge >= 0.3 is 5.69 Å². The predicted molar refractivity (Wildman–Crippen MR) is 56.3 cm³/mol. The van der Waals surface area contributed by atoms with E-state index in [1.165, 1.54) is 10.7 Å². The average molecular weight is 221 g/mol. The van der Waals surface area contributed by atoms with E-state index in [0.717, 1.165) is 12.8 Å². The van der Waals surface area contributed by atoms with Crippen LogP contribution in [0.5, 0.6) is 0 Å². The minimum Gasteiger partial charge on any atom is -0.394 e. The van der Waals surface area contributed by atoms with Crippen LogP contribution >= 0.6 is 0 Å². The Labute approximate surface area is 90.1 Å². The van der Waals surface area contributed by atoms with Crippen LogP contribution in [0.2, 0.25) is 0 Å². The van der Waals surface area contributed by atoms with E-state index in [0.29, 0.717) is 11.5 Å². The Morgan fingerprint density at radius 2 is 2.44 bits per heavy atom. The number of fused-ring (bicyclic) bond motifs is 1. The lowest BCUT2D eigenvalue weighted by atomic mass is 10.3. The molecule has 0 saturated heterocycles. The molecule has 0 amide bonds. The summed E-state index contributed by atoms with van der Waals surface area (Å²) >= 11 is 0. The van der Waals surface area contributed by atoms with E-state index in [1.807, 2.05) is 0 Å². The van der Waals surface area contributed by atoms with E-state index < -0.39 is 0 Å². The zero-order valence-electron chi connectivity index (χ0n) is 8.47. The van der Waals surface area contributed by atoms with Crippen LogP contribution in [-0.2, 0) is 0 Å². The molecule has 1 saturated carbocycles. The molecule has 2 heterocycles. The second-order valence-electron chi connectivity index (χ2n) is 4.09. The van der Waals surface area contributed by atoms with Gasteiger partial charge in [-0.1, -0.05) is 0 Å². The molecule has 7 heteroatoms. The monoisotopic (exact) mass is 221 g/mol. The van der Waals surface area contributed by atoms with Crippen molar-refractivity contribution in [2.75, 3.05) is 11.9 Å². The minimum absolute atomic E-state index is 0.0905. The van der Waals surface area contributed by atoms with Gasteiger partial charge in [-0.2, -0.15) is 5.10 Å². The van der Waals surface area contributed by atoms with Crippen LogP contribution in [-0.4, -0.2) is 36.8 Å². The molecule has 0 spiro atoms. The van der Waals surface area contributed by atoms with Gasteiger partial charge < -0.3 is 10.4 Å². The molecule has 2 aromatic rings. The molecule has 2 aromatic heterocycles. The van der Waals surface area contributed by atoms with Crippen LogP contribution in [0, 0.1) is 0 Å². The summed E-state index contributed by atoms with van der Waals surface area (Å²) in [5, 5.41) is 18.5. The lowest BCUT2D eigenvalue weighted by Gasteiger charge is -2.14. The van der Waals surface area contributed by atoms with Gasteiger partial charge in [-0.3, -0.25) is 0 Å². The number of nitrogens with one attached hydrogen (secondary N) is 2. The number of aliphatic hydroxyl groups is 1. The van der Waals surface area contributed by atoms with Crippen molar-refractivity contribution in [2.45, 2.75) is 18.4 Å². The number of hydrogen-bond acceptors (Lipinski definition) is 5. The molecular formula is C9H11N5O2. The Kier molecular flexibility index (Phi) is 1.78. The highest BCUT2D eigenvalue weighted by molar-refractivity contribution is 5.50. The number of aliphatic hydroxyl groups excluding tert-OH is 1. The van der Waals surface area contributed by atoms with Crippen molar-refractivity contribution in [3.05, 3.63) is 22.9 Å². The molecule has 1 fully saturated rings. The first-order valence-electron chi connectivity index (χ1n) is 5.04. The quantitative estimate of drug-likeness (QED) is 0.640. The molecule has 3 rings (SSSR count). The highest BCUT2D eigenvalue weighted by Crippen LogP contribution is 2.37. The molecule has 0 aliphatic heterocycles. The summed E-state index contributed by atoms with van der Waals surface area (Å²) in [7, 11) is 0. The van der Waals surface area contributed by atoms with Gasteiger partial charge in [-0.15, -0.1) is 0 Å². The molecule has 0 radical (unpaired) electrons. The van der Waals surface area contributed by atoms with E-state index in [4.69, 9.17) is 5.11 Å². The summed E-state index contributed by atoms with van der Waals surface area (Å²) in [6.45, 7) is 0.0905. The van der Waals surface area contributed by atoms with Gasteiger partial charge in [0.2, 0.25) is 0 Å². The zero-order valence-corrected chi connectivity index (χ0v) is 8.47. The second-order valence-corrected chi connectivity index (χ2v) is 4.09. The molecule has 0 bridgehead atoms. The third-order valence-electron chi connectivity index (χ3n) is 2.86. The number of aromatic amines is 1. The molecule has 1 aliphatic rings. The molecule has 0 unspecified atom stereocenters. The van der Waals surface area contributed by atoms with E-state index in [-0.39, 0.29) is 17.8 Å². The van der Waals surface area contributed by atoms with Crippen molar-refractivity contribution in [1.29, 1.82) is 0 Å². The maximum absolute atomic E-state index is 11.2. The third-order valence-corrected chi connectivity index (χ3v) is 2.86. The Balaban J connectivity index is 1.96. The number of aromatic nitrogens is 4. The Morgan fingerprint density at radius 1 is 1.62 bits per heavy atom. The van der Waals surface area contributed by atoms with Crippen molar-refractivity contribution in [3.63, 3.8) is 0 Å². The molecule has 3 N–H and O–H groups in total. The molecule has 7 nitrogen and oxygen atoms in total. The fourth-order valence-electron chi connectivity index (χ4n) is 1.62. The number of hydrogen-bond donors (Lipinski definition) is 3. The van der Waals surface area contributed by atoms with E-state index in [9.17, 15) is 4.79 Å². The maximum atomic E-state index is 11.2. The summed E-state index contributed by atoms with van der Waals surface area (Å²) in [5.74, 6) is 0.623. The molecule has 0 aromatic carbocycles. The fourth-order valence-corrected chi connectivity index (χ4v) is 1.62. The van der Waals surface area contributed by atoms with Crippen molar-refractivity contribution >= 4 is 11.5 Å². The van der Waals surface area contributed by atoms with Gasteiger partial charge in [0.25, 0.3) is 0 Å². The lowest BCUT2D eigenvalue weighted by molar-refractivity contribution is 0.266. The van der Waals surface area contributed by atoms with Crippen LogP contribution in [0.4, 0.5) is 5.82 Å². The Morgan fingerprint density at radius 3 is 3.12 bits per heavy atom. The zero-order chi connectivity index (χ0) is 11.2. The van der Waals surface area contributed by atoms with Gasteiger partial charge in [0, 0.05) is 6.07 Å². The smallest absolute Gasteiger partial charge is 0.348 e. The largest absolute Gasteiger partial charge is 0.394 e. The van der Waals surface area contributed by atoms with Gasteiger partial charge in [0.1, 0.15) is 12.1 Å². The van der Waals surface area contributed by atoms with Crippen LogP contribution in [0.15, 0.2) is 17.2 Å². The maximum Gasteiger partial charge on any atom is 0.348 e. The third kappa shape index (κ3) is 1.36. The van der Waals surface area contributed by atoms with Crippen LogP contribution in [0.1, 0.15) is 12.8 Å². The highest BCUT2D eigenvalue weighted by Gasteiger charge is 2.42. The van der Waals surface area contributed by atoms with Crippen molar-refractivity contribution in [2.24, 2.45) is 0 Å². The van der Waals surface area contributed by atoms with Crippen LogP contribution in [0.3, 0.4) is 0 Å². The number of rotatable bonds is 3. The Bertz CT molecular complexity index is 583. The van der Waals surface area contributed by atoms with Crippen LogP contribution in [0.25, 0.3) is 5.65 Å². The summed E-state index contributed by atoms with van der Waals surface area (Å²) in [6, 6.07) is 1.67. The van der Waals surface area contributed by atoms with Gasteiger partial charge in [0.05, 0.1) is 12.1 Å². The van der Waals surface area contributed by atoms with Gasteiger partial charge in [0.15, 0.2) is 5.65 Å². The molecule has 1 aliphatic carbocycles. The molecule has 0 atom stereocenters. The van der Waals surface area contributed by atoms with E-state index >= 15 is 0 Å². The highest BCUT2D eigenvalue weighted by atomic mass is 16.3. The first-order chi connectivity index (χ1) is 7.72. The van der Waals surface area contributed by atoms with E-state index in [1.54, 1.807) is 6.07 Å². The summed E-state index contributed by atoms with van der Waals surface area (Å²) < 4.78 is 1.32. The topological polar surface area (TPSA) is 95.3 Å². The van der Waals surface area contributed by atoms with E-state index in [2.05, 4.69) is 20.5 Å². The number of H-pyrrole nitrogens is 1. The predicted octanol–water partition coefficient (Wildman–Crippen LogP) is -0.646. The normalized spacial score (nSPS) is 17.6. The van der Waals surface area contributed by atoms with Crippen LogP contribution < -0.4 is 11.0 Å². The average Bonchev–Trinajstić information content (AvgIpc) is 2.98. The molecule has 84 valence electrons. The first kappa shape index (κ1) is 9.34. The second kappa shape index (κ2) is 3.05. The number of anilines is 1. The standard InChI is InChI=1S/C9H11N5O2/c15-4-9(1-2-9)11-6-3-7-12-13-8(16)14(7)5-10-6/h3,5,11,15H,1-2,4H2,(H,13,16). The van der Waals surface area contributed by atoms with Gasteiger partial charge in [-0.05, 0) is 12.8 Å². The van der Waals surface area contributed by atoms with Crippen molar-refractivity contribution in [3.8, 4) is 0 Å². The Hall–Kier alpha value is -1.89. The summed E-state index contributed by atoms with van der Waals surface area (Å²) in [6.07, 6.45) is 3.28. The minimum atomic E-state index is -0.308. The van der Waals surface area contributed by atoms with Gasteiger partial charge in [-0.25, -0.2) is 19.3 Å². The summed E-state index contributed by atoms with van der Waals surface area (Å²) in [4.78, 5) is 15.3. The summed E-state index contributed by atoms with van der Waals surface area (Å²) in [5.41, 5.74) is -0.0179. The first-order valence-corrected chi connectivity index (χ1v) is 5.04. The lowest BCUT2D eigenvalue weighted by Crippen LogP contribution is -2.26. The van der Waals surface area contributed by atoms with Crippen molar-refractivity contribution in [1.82, 2.24) is 19.6 Å². The van der Waals surface area contributed by atoms with Crippen molar-refractivity contribution < 1.29 is 5.11 Å². The number of nitrogens with zero attached hydrogens (tertiary/aromatic N) is 3. The molecular weight excluding hydrogens is 210 g/mol.